The summed E-state index contributed by atoms with van der Waals surface area (Å²) < 4.78 is 10.0. The van der Waals surface area contributed by atoms with Crippen LogP contribution in [0, 0.1) is 0 Å². The highest BCUT2D eigenvalue weighted by Gasteiger charge is 2.54. The van der Waals surface area contributed by atoms with E-state index in [1.54, 1.807) is 0 Å². The van der Waals surface area contributed by atoms with Crippen molar-refractivity contribution in [3.05, 3.63) is 0 Å². The molecule has 1 fully saturated rings. The number of methoxy groups -OCH3 is 1. The van der Waals surface area contributed by atoms with Gasteiger partial charge in [-0.3, -0.25) is 0 Å². The highest BCUT2D eigenvalue weighted by molar-refractivity contribution is 6.18. The Hall–Kier alpha value is 0.0900. The summed E-state index contributed by atoms with van der Waals surface area (Å²) in [6.07, 6.45) is -3.27. The van der Waals surface area contributed by atoms with Crippen molar-refractivity contribution in [3.8, 4) is 0 Å². The molecule has 1 heterocycles. The predicted octanol–water partition coefficient (Wildman–Crippen LogP) is -1.32. The van der Waals surface area contributed by atoms with Crippen molar-refractivity contribution in [2.45, 2.75) is 24.1 Å². The molecule has 0 aromatic heterocycles. The molecule has 78 valence electrons. The molecule has 1 aliphatic rings. The molecule has 1 saturated heterocycles. The predicted molar refractivity (Wildman–Crippen MR) is 44.4 cm³/mol. The number of alkyl halides is 1. The number of hydrogen-bond acceptors (Lipinski definition) is 5. The monoisotopic (exact) mass is 212 g/mol. The molecule has 5 nitrogen and oxygen atoms in total. The van der Waals surface area contributed by atoms with Crippen molar-refractivity contribution in [2.24, 2.45) is 0 Å². The largest absolute Gasteiger partial charge is 0.394 e. The molecule has 0 aromatic carbocycles. The van der Waals surface area contributed by atoms with Gasteiger partial charge in [0.1, 0.15) is 18.3 Å². The number of halogens is 1. The number of aliphatic hydroxyl groups is 3. The molecular formula is C7H13ClO5. The van der Waals surface area contributed by atoms with Gasteiger partial charge in [0.2, 0.25) is 5.79 Å². The van der Waals surface area contributed by atoms with Crippen molar-refractivity contribution >= 4 is 11.6 Å². The van der Waals surface area contributed by atoms with Gasteiger partial charge in [0.15, 0.2) is 0 Å². The van der Waals surface area contributed by atoms with Crippen LogP contribution in [-0.2, 0) is 9.47 Å². The van der Waals surface area contributed by atoms with Crippen LogP contribution in [-0.4, -0.2) is 59.0 Å². The van der Waals surface area contributed by atoms with Crippen LogP contribution in [0.5, 0.6) is 0 Å². The van der Waals surface area contributed by atoms with E-state index in [1.807, 2.05) is 0 Å². The number of ether oxygens (including phenoxy) is 2. The molecule has 0 bridgehead atoms. The minimum Gasteiger partial charge on any atom is -0.394 e. The lowest BCUT2D eigenvalue weighted by atomic mass is 10.1. The van der Waals surface area contributed by atoms with E-state index in [2.05, 4.69) is 0 Å². The van der Waals surface area contributed by atoms with E-state index in [-0.39, 0.29) is 12.5 Å². The van der Waals surface area contributed by atoms with E-state index in [4.69, 9.17) is 26.2 Å². The second kappa shape index (κ2) is 4.08. The minimum absolute atomic E-state index is 0.113. The fraction of sp³-hybridized carbons (Fsp3) is 1.00. The van der Waals surface area contributed by atoms with Crippen molar-refractivity contribution in [3.63, 3.8) is 0 Å². The zero-order valence-corrected chi connectivity index (χ0v) is 7.94. The van der Waals surface area contributed by atoms with E-state index < -0.39 is 24.1 Å². The Labute approximate surface area is 80.8 Å². The normalized spacial score (nSPS) is 45.5. The zero-order valence-electron chi connectivity index (χ0n) is 7.18. The summed E-state index contributed by atoms with van der Waals surface area (Å²) in [5, 5.41) is 27.7. The van der Waals surface area contributed by atoms with Crippen molar-refractivity contribution in [2.75, 3.05) is 19.6 Å². The molecule has 0 unspecified atom stereocenters. The maximum Gasteiger partial charge on any atom is 0.211 e. The Balaban J connectivity index is 2.79. The highest BCUT2D eigenvalue weighted by atomic mass is 35.5. The van der Waals surface area contributed by atoms with Crippen molar-refractivity contribution < 1.29 is 24.8 Å². The molecule has 13 heavy (non-hydrogen) atoms. The number of rotatable bonds is 3. The quantitative estimate of drug-likeness (QED) is 0.506. The fourth-order valence-electron chi connectivity index (χ4n) is 1.34. The lowest BCUT2D eigenvalue weighted by Crippen LogP contribution is -2.46. The van der Waals surface area contributed by atoms with Crippen LogP contribution in [0.25, 0.3) is 0 Å². The lowest BCUT2D eigenvalue weighted by molar-refractivity contribution is -0.232. The smallest absolute Gasteiger partial charge is 0.211 e. The van der Waals surface area contributed by atoms with Crippen molar-refractivity contribution in [1.82, 2.24) is 0 Å². The SMILES string of the molecule is CO[C@]1(CCl)O[C@H](CO)[C@@H](O)[C@H]1O. The molecular weight excluding hydrogens is 200 g/mol. The first-order valence-electron chi connectivity index (χ1n) is 3.87. The second-order valence-corrected chi connectivity index (χ2v) is 3.19. The summed E-state index contributed by atoms with van der Waals surface area (Å²) in [7, 11) is 1.32. The van der Waals surface area contributed by atoms with Crippen LogP contribution in [0.3, 0.4) is 0 Å². The highest BCUT2D eigenvalue weighted by Crippen LogP contribution is 2.32. The first-order valence-corrected chi connectivity index (χ1v) is 4.40. The summed E-state index contributed by atoms with van der Waals surface area (Å²) >= 11 is 5.54. The van der Waals surface area contributed by atoms with Gasteiger partial charge in [0.05, 0.1) is 12.5 Å². The van der Waals surface area contributed by atoms with Gasteiger partial charge < -0.3 is 24.8 Å². The summed E-state index contributed by atoms with van der Waals surface area (Å²) in [4.78, 5) is 0. The molecule has 0 amide bonds. The Morgan fingerprint density at radius 3 is 2.38 bits per heavy atom. The molecule has 1 rings (SSSR count). The second-order valence-electron chi connectivity index (χ2n) is 2.92. The van der Waals surface area contributed by atoms with E-state index in [9.17, 15) is 10.2 Å². The molecule has 3 N–H and O–H groups in total. The average Bonchev–Trinajstić information content (AvgIpc) is 2.42. The molecule has 0 spiro atoms. The van der Waals surface area contributed by atoms with E-state index in [0.717, 1.165) is 0 Å². The first kappa shape index (κ1) is 11.2. The standard InChI is InChI=1S/C7H13ClO5/c1-12-7(3-8)6(11)5(10)4(2-9)13-7/h4-6,9-11H,2-3H2,1H3/t4-,5-,6-,7-/m1/s1. The van der Waals surface area contributed by atoms with Crippen molar-refractivity contribution in [1.29, 1.82) is 0 Å². The maximum absolute atomic E-state index is 9.51. The summed E-state index contributed by atoms with van der Waals surface area (Å²) in [6, 6.07) is 0. The topological polar surface area (TPSA) is 79.2 Å². The van der Waals surface area contributed by atoms with Crippen LogP contribution in [0.4, 0.5) is 0 Å². The van der Waals surface area contributed by atoms with Gasteiger partial charge in [-0.15, -0.1) is 11.6 Å². The molecule has 4 atom stereocenters. The molecule has 6 heteroatoms. The number of hydrogen-bond donors (Lipinski definition) is 3. The molecule has 0 radical (unpaired) electrons. The maximum atomic E-state index is 9.51. The summed E-state index contributed by atoms with van der Waals surface area (Å²) in [5.41, 5.74) is 0. The lowest BCUT2D eigenvalue weighted by Gasteiger charge is -2.27. The molecule has 1 aliphatic heterocycles. The van der Waals surface area contributed by atoms with E-state index in [0.29, 0.717) is 0 Å². The molecule has 0 saturated carbocycles. The van der Waals surface area contributed by atoms with Gasteiger partial charge in [0.25, 0.3) is 0 Å². The summed E-state index contributed by atoms with van der Waals surface area (Å²) in [6.45, 7) is -0.389. The Morgan fingerprint density at radius 1 is 1.54 bits per heavy atom. The van der Waals surface area contributed by atoms with Gasteiger partial charge >= 0.3 is 0 Å². The third kappa shape index (κ3) is 1.68. The van der Waals surface area contributed by atoms with Gasteiger partial charge in [-0.25, -0.2) is 0 Å². The van der Waals surface area contributed by atoms with E-state index in [1.165, 1.54) is 7.11 Å². The van der Waals surface area contributed by atoms with Gasteiger partial charge in [-0.05, 0) is 0 Å². The third-order valence-corrected chi connectivity index (χ3v) is 2.59. The van der Waals surface area contributed by atoms with Crippen LogP contribution in [0.1, 0.15) is 0 Å². The zero-order chi connectivity index (χ0) is 10.1. The van der Waals surface area contributed by atoms with Gasteiger partial charge in [0, 0.05) is 7.11 Å². The first-order chi connectivity index (χ1) is 6.11. The van der Waals surface area contributed by atoms with Crippen LogP contribution >= 0.6 is 11.6 Å². The number of aliphatic hydroxyl groups excluding tert-OH is 3. The Bertz CT molecular complexity index is 172. The molecule has 0 aliphatic carbocycles. The van der Waals surface area contributed by atoms with Gasteiger partial charge in [-0.1, -0.05) is 0 Å². The third-order valence-electron chi connectivity index (χ3n) is 2.22. The Kier molecular flexibility index (Phi) is 3.50. The van der Waals surface area contributed by atoms with Gasteiger partial charge in [-0.2, -0.15) is 0 Å². The Morgan fingerprint density at radius 2 is 2.15 bits per heavy atom. The summed E-state index contributed by atoms with van der Waals surface area (Å²) in [5.74, 6) is -1.52. The fourth-order valence-corrected chi connectivity index (χ4v) is 1.67. The van der Waals surface area contributed by atoms with Crippen LogP contribution < -0.4 is 0 Å². The minimum atomic E-state index is -1.41. The van der Waals surface area contributed by atoms with Crippen LogP contribution in [0.15, 0.2) is 0 Å². The average molecular weight is 213 g/mol. The van der Waals surface area contributed by atoms with E-state index >= 15 is 0 Å². The molecule has 0 aromatic rings. The van der Waals surface area contributed by atoms with Crippen LogP contribution in [0.2, 0.25) is 0 Å².